The maximum atomic E-state index is 12.1. The maximum absolute atomic E-state index is 12.1. The van der Waals surface area contributed by atoms with Crippen LogP contribution in [0.2, 0.25) is 0 Å². The van der Waals surface area contributed by atoms with E-state index >= 15 is 0 Å². The molecule has 0 N–H and O–H groups in total. The molecule has 0 radical (unpaired) electrons. The van der Waals surface area contributed by atoms with Crippen LogP contribution in [0, 0.1) is 12.1 Å². The van der Waals surface area contributed by atoms with E-state index in [9.17, 15) is 5.21 Å². The third kappa shape index (κ3) is 2.32. The molecule has 0 amide bonds. The summed E-state index contributed by atoms with van der Waals surface area (Å²) in [5.41, 5.74) is 3.51. The summed E-state index contributed by atoms with van der Waals surface area (Å²) in [7, 11) is 0. The zero-order chi connectivity index (χ0) is 15.8. The Balaban J connectivity index is 1.76. The number of fused-ring (bicyclic) bond motifs is 3. The highest BCUT2D eigenvalue weighted by Gasteiger charge is 2.15. The third-order valence-electron chi connectivity index (χ3n) is 3.64. The maximum Gasteiger partial charge on any atom is 0.270 e. The quantitative estimate of drug-likeness (QED) is 0.426. The predicted molar refractivity (Wildman–Crippen MR) is 82.8 cm³/mol. The van der Waals surface area contributed by atoms with E-state index in [2.05, 4.69) is 15.2 Å². The Morgan fingerprint density at radius 2 is 2.04 bits per heavy atom. The number of hydrogen-bond acceptors (Lipinski definition) is 5. The van der Waals surface area contributed by atoms with Crippen LogP contribution in [0.3, 0.4) is 0 Å². The van der Waals surface area contributed by atoms with Gasteiger partial charge in [-0.25, -0.2) is 4.52 Å². The Bertz CT molecular complexity index is 998. The average Bonchev–Trinajstić information content (AvgIpc) is 2.95. The molecule has 3 heterocycles. The fourth-order valence-electron chi connectivity index (χ4n) is 2.43. The summed E-state index contributed by atoms with van der Waals surface area (Å²) in [4.78, 5) is 4.59. The lowest BCUT2D eigenvalue weighted by molar-refractivity contribution is -0.640. The number of nitrogens with zero attached hydrogens (tertiary/aromatic N) is 5. The summed E-state index contributed by atoms with van der Waals surface area (Å²) in [6.07, 6.45) is 5.13. The van der Waals surface area contributed by atoms with Gasteiger partial charge in [0.25, 0.3) is 5.52 Å². The number of aryl methyl sites for hydroxylation is 1. The van der Waals surface area contributed by atoms with E-state index in [0.29, 0.717) is 33.9 Å². The van der Waals surface area contributed by atoms with Crippen LogP contribution in [0.5, 0.6) is 5.75 Å². The van der Waals surface area contributed by atoms with Crippen molar-refractivity contribution >= 4 is 16.7 Å². The van der Waals surface area contributed by atoms with Crippen LogP contribution in [0.15, 0.2) is 48.9 Å². The molecule has 0 spiro atoms. The standard InChI is InChI=1S/C16H13N5O2/c1-11-9-18-20-15-8-13(23-10-12-4-6-17-7-5-12)2-3-14(15)21(22)19-16(11)20/h2-9H,10H2,1H3. The highest BCUT2D eigenvalue weighted by atomic mass is 16.5. The van der Waals surface area contributed by atoms with Crippen LogP contribution in [-0.2, 0) is 6.61 Å². The van der Waals surface area contributed by atoms with Gasteiger partial charge in [0.2, 0.25) is 5.65 Å². The lowest BCUT2D eigenvalue weighted by atomic mass is 10.2. The van der Waals surface area contributed by atoms with Crippen molar-refractivity contribution in [3.8, 4) is 5.75 Å². The number of hydrogen-bond donors (Lipinski definition) is 0. The van der Waals surface area contributed by atoms with Crippen LogP contribution < -0.4 is 9.58 Å². The molecule has 4 aromatic rings. The molecule has 0 aliphatic rings. The minimum Gasteiger partial charge on any atom is -0.594 e. The van der Waals surface area contributed by atoms with Gasteiger partial charge in [0.1, 0.15) is 17.9 Å². The Kier molecular flexibility index (Phi) is 3.04. The largest absolute Gasteiger partial charge is 0.594 e. The van der Waals surface area contributed by atoms with Gasteiger partial charge in [-0.15, -0.1) is 0 Å². The minimum absolute atomic E-state index is 0.428. The second kappa shape index (κ2) is 5.20. The topological polar surface area (TPSA) is 79.2 Å². The molecule has 114 valence electrons. The first-order valence-corrected chi connectivity index (χ1v) is 7.12. The zero-order valence-electron chi connectivity index (χ0n) is 12.4. The van der Waals surface area contributed by atoms with Crippen molar-refractivity contribution in [1.29, 1.82) is 0 Å². The van der Waals surface area contributed by atoms with Crippen LogP contribution >= 0.6 is 0 Å². The molecular weight excluding hydrogens is 294 g/mol. The SMILES string of the molecule is Cc1cnn2c1n[n+]([O-])c1ccc(OCc3ccncc3)cc12. The molecule has 0 aliphatic carbocycles. The van der Waals surface area contributed by atoms with Gasteiger partial charge in [-0.05, 0) is 35.5 Å². The number of rotatable bonds is 3. The highest BCUT2D eigenvalue weighted by Crippen LogP contribution is 2.20. The fraction of sp³-hybridized carbons (Fsp3) is 0.125. The van der Waals surface area contributed by atoms with Gasteiger partial charge >= 0.3 is 0 Å². The fourth-order valence-corrected chi connectivity index (χ4v) is 2.43. The van der Waals surface area contributed by atoms with E-state index in [-0.39, 0.29) is 0 Å². The molecule has 4 rings (SSSR count). The normalized spacial score (nSPS) is 11.2. The first-order valence-electron chi connectivity index (χ1n) is 7.12. The lowest BCUT2D eigenvalue weighted by Gasteiger charge is -2.07. The Morgan fingerprint density at radius 3 is 2.87 bits per heavy atom. The van der Waals surface area contributed by atoms with E-state index in [1.807, 2.05) is 19.1 Å². The van der Waals surface area contributed by atoms with Crippen molar-refractivity contribution in [3.05, 3.63) is 65.3 Å². The summed E-state index contributed by atoms with van der Waals surface area (Å²) in [5, 5.41) is 20.3. The Hall–Kier alpha value is -3.22. The van der Waals surface area contributed by atoms with Gasteiger partial charge in [0, 0.05) is 35.2 Å². The molecule has 0 unspecified atom stereocenters. The van der Waals surface area contributed by atoms with Crippen molar-refractivity contribution in [2.75, 3.05) is 0 Å². The van der Waals surface area contributed by atoms with Crippen molar-refractivity contribution < 1.29 is 9.58 Å². The first kappa shape index (κ1) is 13.4. The highest BCUT2D eigenvalue weighted by molar-refractivity contribution is 5.75. The molecule has 7 heteroatoms. The summed E-state index contributed by atoms with van der Waals surface area (Å²) < 4.78 is 7.45. The molecular formula is C16H13N5O2. The number of benzene rings is 1. The summed E-state index contributed by atoms with van der Waals surface area (Å²) in [6, 6.07) is 9.03. The predicted octanol–water partition coefficient (Wildman–Crippen LogP) is 1.80. The van der Waals surface area contributed by atoms with Crippen LogP contribution in [-0.4, -0.2) is 19.7 Å². The molecule has 1 aromatic carbocycles. The summed E-state index contributed by atoms with van der Waals surface area (Å²) >= 11 is 0. The first-order chi connectivity index (χ1) is 11.2. The summed E-state index contributed by atoms with van der Waals surface area (Å²) in [5.74, 6) is 0.662. The van der Waals surface area contributed by atoms with E-state index in [0.717, 1.165) is 11.1 Å². The monoisotopic (exact) mass is 307 g/mol. The number of ether oxygens (including phenoxy) is 1. The number of aromatic nitrogens is 5. The average molecular weight is 307 g/mol. The van der Waals surface area contributed by atoms with E-state index in [1.165, 1.54) is 0 Å². The third-order valence-corrected chi connectivity index (χ3v) is 3.64. The van der Waals surface area contributed by atoms with Gasteiger partial charge < -0.3 is 9.94 Å². The Morgan fingerprint density at radius 1 is 1.22 bits per heavy atom. The minimum atomic E-state index is 0.428. The van der Waals surface area contributed by atoms with E-state index in [4.69, 9.17) is 4.74 Å². The molecule has 23 heavy (non-hydrogen) atoms. The molecule has 0 aliphatic heterocycles. The molecule has 0 atom stereocenters. The van der Waals surface area contributed by atoms with Gasteiger partial charge in [-0.3, -0.25) is 4.98 Å². The summed E-state index contributed by atoms with van der Waals surface area (Å²) in [6.45, 7) is 2.29. The lowest BCUT2D eigenvalue weighted by Crippen LogP contribution is -2.33. The van der Waals surface area contributed by atoms with Crippen LogP contribution in [0.25, 0.3) is 16.7 Å². The van der Waals surface area contributed by atoms with Crippen LogP contribution in [0.1, 0.15) is 11.1 Å². The van der Waals surface area contributed by atoms with E-state index < -0.39 is 0 Å². The second-order valence-electron chi connectivity index (χ2n) is 5.23. The zero-order valence-corrected chi connectivity index (χ0v) is 12.4. The van der Waals surface area contributed by atoms with Gasteiger partial charge in [-0.1, -0.05) is 0 Å². The smallest absolute Gasteiger partial charge is 0.270 e. The molecule has 0 saturated carbocycles. The van der Waals surface area contributed by atoms with Gasteiger partial charge in [-0.2, -0.15) is 5.10 Å². The molecule has 3 aromatic heterocycles. The molecule has 7 nitrogen and oxygen atoms in total. The van der Waals surface area contributed by atoms with E-state index in [1.54, 1.807) is 41.3 Å². The van der Waals surface area contributed by atoms with Crippen molar-refractivity contribution in [3.63, 3.8) is 0 Å². The van der Waals surface area contributed by atoms with Crippen molar-refractivity contribution in [2.24, 2.45) is 0 Å². The second-order valence-corrected chi connectivity index (χ2v) is 5.23. The number of pyridine rings is 1. The molecule has 0 saturated heterocycles. The van der Waals surface area contributed by atoms with Crippen molar-refractivity contribution in [2.45, 2.75) is 13.5 Å². The molecule has 0 bridgehead atoms. The van der Waals surface area contributed by atoms with Gasteiger partial charge in [0.15, 0.2) is 0 Å². The van der Waals surface area contributed by atoms with Crippen LogP contribution in [0.4, 0.5) is 0 Å². The van der Waals surface area contributed by atoms with Crippen molar-refractivity contribution in [1.82, 2.24) is 19.7 Å². The molecule has 0 fully saturated rings. The van der Waals surface area contributed by atoms with Gasteiger partial charge in [0.05, 0.1) is 6.20 Å². The Labute approximate surface area is 131 Å².